The number of carbonyl (C=O) groups is 2. The maximum atomic E-state index is 11.2. The lowest BCUT2D eigenvalue weighted by molar-refractivity contribution is -0.142. The third-order valence-electron chi connectivity index (χ3n) is 1.87. The zero-order chi connectivity index (χ0) is 13.0. The number of nitrogens with two attached hydrogens (primary N) is 1. The molecule has 6 heteroatoms. The molecule has 1 aromatic rings. The third-order valence-corrected chi connectivity index (χ3v) is 1.87. The number of carbonyl (C=O) groups excluding carboxylic acids is 2. The topological polar surface area (TPSA) is 102 Å². The predicted octanol–water partition coefficient (Wildman–Crippen LogP) is 0.513. The van der Waals surface area contributed by atoms with Gasteiger partial charge in [0.05, 0.1) is 5.69 Å². The van der Waals surface area contributed by atoms with Gasteiger partial charge in [-0.1, -0.05) is 0 Å². The second-order valence-corrected chi connectivity index (χ2v) is 3.53. The van der Waals surface area contributed by atoms with Crippen LogP contribution >= 0.6 is 0 Å². The third kappa shape index (κ3) is 3.76. The molecule has 17 heavy (non-hydrogen) atoms. The van der Waals surface area contributed by atoms with E-state index in [0.29, 0.717) is 11.4 Å². The molecule has 0 heterocycles. The van der Waals surface area contributed by atoms with Gasteiger partial charge in [-0.2, -0.15) is 0 Å². The number of aliphatic hydroxyl groups is 1. The van der Waals surface area contributed by atoms with Crippen molar-refractivity contribution < 1.29 is 19.4 Å². The van der Waals surface area contributed by atoms with E-state index < -0.39 is 12.1 Å². The predicted molar refractivity (Wildman–Crippen MR) is 62.5 cm³/mol. The van der Waals surface area contributed by atoms with Crippen LogP contribution in [0.2, 0.25) is 0 Å². The number of esters is 1. The molecule has 4 N–H and O–H groups in total. The van der Waals surface area contributed by atoms with Gasteiger partial charge in [0.2, 0.25) is 5.91 Å². The van der Waals surface area contributed by atoms with Gasteiger partial charge in [0.15, 0.2) is 5.75 Å². The van der Waals surface area contributed by atoms with Crippen molar-refractivity contribution in [2.75, 3.05) is 11.1 Å². The van der Waals surface area contributed by atoms with Gasteiger partial charge in [-0.05, 0) is 19.1 Å². The van der Waals surface area contributed by atoms with Crippen LogP contribution in [0.3, 0.4) is 0 Å². The van der Waals surface area contributed by atoms with E-state index in [9.17, 15) is 9.59 Å². The lowest BCUT2D eigenvalue weighted by atomic mass is 10.2. The van der Waals surface area contributed by atoms with Crippen molar-refractivity contribution in [3.8, 4) is 5.75 Å². The van der Waals surface area contributed by atoms with E-state index in [-0.39, 0.29) is 11.7 Å². The van der Waals surface area contributed by atoms with Crippen LogP contribution in [0.1, 0.15) is 13.8 Å². The Hall–Kier alpha value is -2.08. The number of nitrogen functional groups attached to an aromatic ring is 1. The molecule has 0 saturated carbocycles. The molecule has 1 rings (SSSR count). The Morgan fingerprint density at radius 3 is 2.65 bits per heavy atom. The van der Waals surface area contributed by atoms with Crippen LogP contribution in [-0.2, 0) is 9.59 Å². The van der Waals surface area contributed by atoms with Gasteiger partial charge in [-0.3, -0.25) is 4.79 Å². The monoisotopic (exact) mass is 238 g/mol. The molecule has 92 valence electrons. The fraction of sp³-hybridized carbons (Fsp3) is 0.273. The molecule has 1 aromatic carbocycles. The highest BCUT2D eigenvalue weighted by atomic mass is 16.5. The summed E-state index contributed by atoms with van der Waals surface area (Å²) < 4.78 is 4.90. The van der Waals surface area contributed by atoms with Crippen LogP contribution in [0.25, 0.3) is 0 Å². The molecule has 0 bridgehead atoms. The lowest BCUT2D eigenvalue weighted by Gasteiger charge is -2.12. The number of aliphatic hydroxyl groups excluding tert-OH is 1. The Balaban J connectivity index is 2.98. The van der Waals surface area contributed by atoms with Gasteiger partial charge >= 0.3 is 5.97 Å². The van der Waals surface area contributed by atoms with Crippen LogP contribution in [0.4, 0.5) is 11.4 Å². The highest BCUT2D eigenvalue weighted by molar-refractivity contribution is 5.91. The summed E-state index contributed by atoms with van der Waals surface area (Å²) in [5.74, 6) is -1.02. The van der Waals surface area contributed by atoms with E-state index in [2.05, 4.69) is 5.32 Å². The largest absolute Gasteiger partial charge is 0.422 e. The summed E-state index contributed by atoms with van der Waals surface area (Å²) >= 11 is 0. The van der Waals surface area contributed by atoms with E-state index in [0.717, 1.165) is 0 Å². The molecule has 1 atom stereocenters. The quantitative estimate of drug-likeness (QED) is 0.404. The highest BCUT2D eigenvalue weighted by Gasteiger charge is 2.15. The van der Waals surface area contributed by atoms with Crippen molar-refractivity contribution in [1.82, 2.24) is 0 Å². The van der Waals surface area contributed by atoms with Crippen LogP contribution in [0, 0.1) is 0 Å². The Labute approximate surface area is 98.4 Å². The van der Waals surface area contributed by atoms with E-state index in [1.165, 1.54) is 26.0 Å². The van der Waals surface area contributed by atoms with E-state index in [1.54, 1.807) is 6.07 Å². The van der Waals surface area contributed by atoms with Crippen molar-refractivity contribution in [1.29, 1.82) is 0 Å². The summed E-state index contributed by atoms with van der Waals surface area (Å²) in [6.45, 7) is 2.61. The van der Waals surface area contributed by atoms with Gasteiger partial charge in [0.1, 0.15) is 6.10 Å². The molecule has 0 aliphatic rings. The number of rotatable bonds is 3. The maximum absolute atomic E-state index is 11.2. The average Bonchev–Trinajstić information content (AvgIpc) is 2.21. The fourth-order valence-electron chi connectivity index (χ4n) is 1.11. The van der Waals surface area contributed by atoms with Crippen molar-refractivity contribution in [3.63, 3.8) is 0 Å². The van der Waals surface area contributed by atoms with Crippen LogP contribution < -0.4 is 15.8 Å². The van der Waals surface area contributed by atoms with Crippen molar-refractivity contribution in [3.05, 3.63) is 18.2 Å². The first-order valence-electron chi connectivity index (χ1n) is 4.97. The lowest BCUT2D eigenvalue weighted by Crippen LogP contribution is -2.23. The molecule has 1 unspecified atom stereocenters. The zero-order valence-corrected chi connectivity index (χ0v) is 9.56. The zero-order valence-electron chi connectivity index (χ0n) is 9.56. The first-order valence-corrected chi connectivity index (χ1v) is 4.97. The van der Waals surface area contributed by atoms with Crippen molar-refractivity contribution >= 4 is 23.3 Å². The SMILES string of the molecule is CC(=O)Nc1ccc(N)cc1OC(=O)C(C)O. The number of hydrogen-bond donors (Lipinski definition) is 3. The summed E-state index contributed by atoms with van der Waals surface area (Å²) in [5, 5.41) is 11.5. The number of ether oxygens (including phenoxy) is 1. The smallest absolute Gasteiger partial charge is 0.340 e. The summed E-state index contributed by atoms with van der Waals surface area (Å²) in [6.07, 6.45) is -1.25. The molecule has 0 spiro atoms. The maximum Gasteiger partial charge on any atom is 0.340 e. The minimum atomic E-state index is -1.25. The molecule has 0 aliphatic carbocycles. The Morgan fingerprint density at radius 2 is 2.12 bits per heavy atom. The van der Waals surface area contributed by atoms with E-state index in [1.807, 2.05) is 0 Å². The molecule has 0 fully saturated rings. The fourth-order valence-corrected chi connectivity index (χ4v) is 1.11. The molecule has 0 saturated heterocycles. The molecule has 0 radical (unpaired) electrons. The summed E-state index contributed by atoms with van der Waals surface area (Å²) in [5.41, 5.74) is 6.25. The Morgan fingerprint density at radius 1 is 1.47 bits per heavy atom. The molecule has 0 aromatic heterocycles. The minimum Gasteiger partial charge on any atom is -0.422 e. The Bertz CT molecular complexity index is 443. The number of nitrogens with one attached hydrogen (secondary N) is 1. The van der Waals surface area contributed by atoms with Crippen molar-refractivity contribution in [2.45, 2.75) is 20.0 Å². The molecular weight excluding hydrogens is 224 g/mol. The number of anilines is 2. The van der Waals surface area contributed by atoms with Gasteiger partial charge in [0, 0.05) is 18.7 Å². The second kappa shape index (κ2) is 5.31. The second-order valence-electron chi connectivity index (χ2n) is 3.53. The molecule has 6 nitrogen and oxygen atoms in total. The minimum absolute atomic E-state index is 0.103. The number of benzene rings is 1. The van der Waals surface area contributed by atoms with Crippen LogP contribution in [-0.4, -0.2) is 23.1 Å². The highest BCUT2D eigenvalue weighted by Crippen LogP contribution is 2.27. The molecule has 1 amide bonds. The summed E-state index contributed by atoms with van der Waals surface area (Å²) in [6, 6.07) is 4.47. The van der Waals surface area contributed by atoms with Crippen molar-refractivity contribution in [2.24, 2.45) is 0 Å². The van der Waals surface area contributed by atoms with Gasteiger partial charge in [-0.25, -0.2) is 4.79 Å². The first-order chi connectivity index (χ1) is 7.90. The number of amides is 1. The standard InChI is InChI=1S/C11H14N2O4/c1-6(14)11(16)17-10-5-8(12)3-4-9(10)13-7(2)15/h3-6,14H,12H2,1-2H3,(H,13,15). The van der Waals surface area contributed by atoms with E-state index >= 15 is 0 Å². The summed E-state index contributed by atoms with van der Waals surface area (Å²) in [7, 11) is 0. The van der Waals surface area contributed by atoms with Crippen LogP contribution in [0.5, 0.6) is 5.75 Å². The first kappa shape index (κ1) is 13.0. The summed E-state index contributed by atoms with van der Waals surface area (Å²) in [4.78, 5) is 22.2. The van der Waals surface area contributed by atoms with Gasteiger partial charge in [-0.15, -0.1) is 0 Å². The normalized spacial score (nSPS) is 11.7. The molecular formula is C11H14N2O4. The Kier molecular flexibility index (Phi) is 4.06. The van der Waals surface area contributed by atoms with Gasteiger partial charge < -0.3 is 20.9 Å². The molecule has 0 aliphatic heterocycles. The number of hydrogen-bond acceptors (Lipinski definition) is 5. The average molecular weight is 238 g/mol. The van der Waals surface area contributed by atoms with Gasteiger partial charge in [0.25, 0.3) is 0 Å². The van der Waals surface area contributed by atoms with E-state index in [4.69, 9.17) is 15.6 Å². The van der Waals surface area contributed by atoms with Crippen LogP contribution in [0.15, 0.2) is 18.2 Å².